The summed E-state index contributed by atoms with van der Waals surface area (Å²) in [5.74, 6) is 0.106. The zero-order valence-electron chi connectivity index (χ0n) is 12.3. The summed E-state index contributed by atoms with van der Waals surface area (Å²) in [5.41, 5.74) is 3.18. The van der Waals surface area contributed by atoms with E-state index in [9.17, 15) is 4.79 Å². The van der Waals surface area contributed by atoms with Gasteiger partial charge in [0, 0.05) is 23.3 Å². The van der Waals surface area contributed by atoms with Gasteiger partial charge in [-0.1, -0.05) is 25.3 Å². The Morgan fingerprint density at radius 3 is 2.80 bits per heavy atom. The second-order valence-corrected chi connectivity index (χ2v) is 6.44. The number of nitrogens with one attached hydrogen (secondary N) is 2. The van der Waals surface area contributed by atoms with Crippen LogP contribution in [0, 0.1) is 0 Å². The highest BCUT2D eigenvalue weighted by Gasteiger charge is 2.29. The lowest BCUT2D eigenvalue weighted by molar-refractivity contribution is 0.0881. The minimum absolute atomic E-state index is 0.0137. The number of carbonyl (C=O) groups is 1. The van der Waals surface area contributed by atoms with Crippen LogP contribution in [-0.4, -0.2) is 18.0 Å². The van der Waals surface area contributed by atoms with Crippen LogP contribution < -0.4 is 10.6 Å². The number of anilines is 1. The summed E-state index contributed by atoms with van der Waals surface area (Å²) in [4.78, 5) is 12.7. The maximum atomic E-state index is 12.7. The highest BCUT2D eigenvalue weighted by atomic mass is 16.1. The number of rotatable bonds is 2. The van der Waals surface area contributed by atoms with Crippen molar-refractivity contribution in [1.82, 2.24) is 5.32 Å². The zero-order chi connectivity index (χ0) is 14.0. The normalized spacial score (nSPS) is 20.6. The predicted octanol–water partition coefficient (Wildman–Crippen LogP) is 3.50. The first-order valence-electron chi connectivity index (χ1n) is 7.86. The van der Waals surface area contributed by atoms with Gasteiger partial charge in [0.1, 0.15) is 0 Å². The minimum atomic E-state index is -0.0137. The van der Waals surface area contributed by atoms with Crippen LogP contribution in [-0.2, 0) is 6.42 Å². The Morgan fingerprint density at radius 2 is 2.00 bits per heavy atom. The molecule has 2 N–H and O–H groups in total. The van der Waals surface area contributed by atoms with Crippen LogP contribution in [0.4, 0.5) is 5.69 Å². The SMILES string of the molecule is CC1(NC(=O)c2cccc3c2CCCN3)CCCCC1. The van der Waals surface area contributed by atoms with Crippen molar-refractivity contribution in [3.63, 3.8) is 0 Å². The third kappa shape index (κ3) is 2.67. The van der Waals surface area contributed by atoms with Crippen molar-refractivity contribution in [2.75, 3.05) is 11.9 Å². The Balaban J connectivity index is 1.80. The van der Waals surface area contributed by atoms with Crippen molar-refractivity contribution in [2.24, 2.45) is 0 Å². The van der Waals surface area contributed by atoms with Gasteiger partial charge < -0.3 is 10.6 Å². The van der Waals surface area contributed by atoms with E-state index in [0.717, 1.165) is 43.5 Å². The fourth-order valence-electron chi connectivity index (χ4n) is 3.52. The Hall–Kier alpha value is -1.51. The van der Waals surface area contributed by atoms with Gasteiger partial charge in [-0.05, 0) is 50.3 Å². The molecule has 1 aliphatic carbocycles. The lowest BCUT2D eigenvalue weighted by Gasteiger charge is -2.35. The van der Waals surface area contributed by atoms with E-state index in [1.165, 1.54) is 24.8 Å². The molecule has 0 bridgehead atoms. The van der Waals surface area contributed by atoms with E-state index in [2.05, 4.69) is 23.6 Å². The van der Waals surface area contributed by atoms with Crippen LogP contribution >= 0.6 is 0 Å². The van der Waals surface area contributed by atoms with E-state index in [0.29, 0.717) is 0 Å². The first-order valence-corrected chi connectivity index (χ1v) is 7.86. The molecule has 3 heteroatoms. The van der Waals surface area contributed by atoms with Crippen molar-refractivity contribution >= 4 is 11.6 Å². The van der Waals surface area contributed by atoms with Crippen LogP contribution in [0.1, 0.15) is 61.4 Å². The smallest absolute Gasteiger partial charge is 0.252 e. The van der Waals surface area contributed by atoms with E-state index in [4.69, 9.17) is 0 Å². The standard InChI is InChI=1S/C17H24N2O/c1-17(10-3-2-4-11-17)19-16(20)14-7-5-9-15-13(14)8-6-12-18-15/h5,7,9,18H,2-4,6,8,10-12H2,1H3,(H,19,20). The maximum absolute atomic E-state index is 12.7. The number of carbonyl (C=O) groups excluding carboxylic acids is 1. The molecule has 1 fully saturated rings. The van der Waals surface area contributed by atoms with Gasteiger partial charge in [0.15, 0.2) is 0 Å². The molecule has 0 radical (unpaired) electrons. The van der Waals surface area contributed by atoms with Crippen LogP contribution in [0.2, 0.25) is 0 Å². The monoisotopic (exact) mass is 272 g/mol. The molecule has 3 rings (SSSR count). The van der Waals surface area contributed by atoms with Gasteiger partial charge in [-0.2, -0.15) is 0 Å². The number of hydrogen-bond acceptors (Lipinski definition) is 2. The molecule has 1 aromatic rings. The molecule has 1 amide bonds. The van der Waals surface area contributed by atoms with E-state index < -0.39 is 0 Å². The lowest BCUT2D eigenvalue weighted by Crippen LogP contribution is -2.47. The van der Waals surface area contributed by atoms with Crippen molar-refractivity contribution in [3.8, 4) is 0 Å². The molecule has 0 saturated heterocycles. The van der Waals surface area contributed by atoms with Crippen LogP contribution in [0.5, 0.6) is 0 Å². The van der Waals surface area contributed by atoms with Gasteiger partial charge in [0.25, 0.3) is 5.91 Å². The maximum Gasteiger partial charge on any atom is 0.252 e. The Morgan fingerprint density at radius 1 is 1.20 bits per heavy atom. The van der Waals surface area contributed by atoms with Crippen LogP contribution in [0.15, 0.2) is 18.2 Å². The van der Waals surface area contributed by atoms with Gasteiger partial charge >= 0.3 is 0 Å². The predicted molar refractivity (Wildman–Crippen MR) is 82.2 cm³/mol. The summed E-state index contributed by atoms with van der Waals surface area (Å²) < 4.78 is 0. The molecule has 1 heterocycles. The van der Waals surface area contributed by atoms with Crippen LogP contribution in [0.25, 0.3) is 0 Å². The van der Waals surface area contributed by atoms with Crippen LogP contribution in [0.3, 0.4) is 0 Å². The molecule has 1 saturated carbocycles. The second kappa shape index (κ2) is 5.47. The molecule has 0 atom stereocenters. The largest absolute Gasteiger partial charge is 0.385 e. The van der Waals surface area contributed by atoms with Crippen molar-refractivity contribution < 1.29 is 4.79 Å². The molecule has 20 heavy (non-hydrogen) atoms. The quantitative estimate of drug-likeness (QED) is 0.865. The van der Waals surface area contributed by atoms with Crippen molar-refractivity contribution in [3.05, 3.63) is 29.3 Å². The van der Waals surface area contributed by atoms with Gasteiger partial charge in [-0.15, -0.1) is 0 Å². The van der Waals surface area contributed by atoms with E-state index in [1.807, 2.05) is 12.1 Å². The van der Waals surface area contributed by atoms with E-state index in [-0.39, 0.29) is 11.4 Å². The first-order chi connectivity index (χ1) is 9.68. The summed E-state index contributed by atoms with van der Waals surface area (Å²) >= 11 is 0. The number of amides is 1. The van der Waals surface area contributed by atoms with E-state index in [1.54, 1.807) is 0 Å². The molecule has 1 aliphatic heterocycles. The van der Waals surface area contributed by atoms with Gasteiger partial charge in [0.05, 0.1) is 0 Å². The number of benzene rings is 1. The Bertz CT molecular complexity index is 504. The highest BCUT2D eigenvalue weighted by Crippen LogP contribution is 2.29. The van der Waals surface area contributed by atoms with Gasteiger partial charge in [-0.25, -0.2) is 0 Å². The first kappa shape index (κ1) is 13.5. The molecule has 3 nitrogen and oxygen atoms in total. The summed E-state index contributed by atoms with van der Waals surface area (Å²) in [6.45, 7) is 3.20. The number of hydrogen-bond donors (Lipinski definition) is 2. The Kier molecular flexibility index (Phi) is 3.68. The summed E-state index contributed by atoms with van der Waals surface area (Å²) in [6.07, 6.45) is 8.07. The van der Waals surface area contributed by atoms with Crippen molar-refractivity contribution in [2.45, 2.75) is 57.4 Å². The Labute approximate surface area is 121 Å². The molecule has 0 spiro atoms. The second-order valence-electron chi connectivity index (χ2n) is 6.44. The molecule has 1 aromatic carbocycles. The molecular formula is C17H24N2O. The molecule has 0 unspecified atom stereocenters. The third-order valence-corrected chi connectivity index (χ3v) is 4.71. The van der Waals surface area contributed by atoms with Gasteiger partial charge in [0.2, 0.25) is 0 Å². The zero-order valence-corrected chi connectivity index (χ0v) is 12.3. The van der Waals surface area contributed by atoms with Crippen molar-refractivity contribution in [1.29, 1.82) is 0 Å². The average Bonchev–Trinajstić information content (AvgIpc) is 2.47. The average molecular weight is 272 g/mol. The third-order valence-electron chi connectivity index (χ3n) is 4.71. The molecular weight excluding hydrogens is 248 g/mol. The summed E-state index contributed by atoms with van der Waals surface area (Å²) in [6, 6.07) is 6.02. The van der Waals surface area contributed by atoms with E-state index >= 15 is 0 Å². The molecule has 2 aliphatic rings. The molecule has 108 valence electrons. The minimum Gasteiger partial charge on any atom is -0.385 e. The lowest BCUT2D eigenvalue weighted by atomic mass is 9.83. The summed E-state index contributed by atoms with van der Waals surface area (Å²) in [5, 5.41) is 6.69. The fraction of sp³-hybridized carbons (Fsp3) is 0.588. The number of fused-ring (bicyclic) bond motifs is 1. The summed E-state index contributed by atoms with van der Waals surface area (Å²) in [7, 11) is 0. The topological polar surface area (TPSA) is 41.1 Å². The van der Waals surface area contributed by atoms with Gasteiger partial charge in [-0.3, -0.25) is 4.79 Å². The highest BCUT2D eigenvalue weighted by molar-refractivity contribution is 5.97. The molecule has 0 aromatic heterocycles. The fourth-order valence-corrected chi connectivity index (χ4v) is 3.52.